The molecule has 0 aliphatic heterocycles. The van der Waals surface area contributed by atoms with E-state index in [-0.39, 0.29) is 12.5 Å². The summed E-state index contributed by atoms with van der Waals surface area (Å²) in [6, 6.07) is 18.6. The van der Waals surface area contributed by atoms with Gasteiger partial charge >= 0.3 is 0 Å². The van der Waals surface area contributed by atoms with Crippen LogP contribution in [0, 0.1) is 0 Å². The zero-order valence-electron chi connectivity index (χ0n) is 11.2. The second kappa shape index (κ2) is 5.96. The van der Waals surface area contributed by atoms with Crippen LogP contribution in [0.25, 0.3) is 5.69 Å². The molecule has 0 spiro atoms. The molecule has 0 saturated carbocycles. The quantitative estimate of drug-likeness (QED) is 0.787. The molecule has 104 valence electrons. The van der Waals surface area contributed by atoms with Crippen LogP contribution in [0.5, 0.6) is 0 Å². The van der Waals surface area contributed by atoms with E-state index in [4.69, 9.17) is 0 Å². The molecule has 0 bridgehead atoms. The predicted octanol–water partition coefficient (Wildman–Crippen LogP) is 1.59. The minimum Gasteiger partial charge on any atom is -0.345 e. The van der Waals surface area contributed by atoms with Crippen LogP contribution < -0.4 is 5.32 Å². The molecule has 3 aromatic rings. The number of hydrogen-bond acceptors (Lipinski definition) is 4. The van der Waals surface area contributed by atoms with E-state index in [1.54, 1.807) is 16.8 Å². The summed E-state index contributed by atoms with van der Waals surface area (Å²) in [5, 5.41) is 14.4. The summed E-state index contributed by atoms with van der Waals surface area (Å²) in [6.07, 6.45) is 0. The molecule has 0 fully saturated rings. The molecule has 0 atom stereocenters. The number of para-hydroxylation sites is 1. The Morgan fingerprint density at radius 3 is 2.38 bits per heavy atom. The summed E-state index contributed by atoms with van der Waals surface area (Å²) in [6.45, 7) is 0.260. The fourth-order valence-electron chi connectivity index (χ4n) is 1.94. The fraction of sp³-hybridized carbons (Fsp3) is 0.0667. The number of rotatable bonds is 4. The van der Waals surface area contributed by atoms with E-state index in [9.17, 15) is 4.79 Å². The predicted molar refractivity (Wildman–Crippen MR) is 76.8 cm³/mol. The number of carbonyl (C=O) groups excluding carboxylic acids is 1. The van der Waals surface area contributed by atoms with E-state index in [0.717, 1.165) is 5.69 Å². The van der Waals surface area contributed by atoms with Crippen LogP contribution in [-0.2, 0) is 6.54 Å². The summed E-state index contributed by atoms with van der Waals surface area (Å²) in [5.41, 5.74) is 1.46. The number of benzene rings is 2. The lowest BCUT2D eigenvalue weighted by molar-refractivity contribution is 0.0949. The average molecular weight is 279 g/mol. The highest BCUT2D eigenvalue weighted by Crippen LogP contribution is 2.07. The summed E-state index contributed by atoms with van der Waals surface area (Å²) in [4.78, 5) is 12.0. The Kier molecular flexibility index (Phi) is 3.68. The molecule has 6 heteroatoms. The first-order chi connectivity index (χ1) is 10.3. The first-order valence-corrected chi connectivity index (χ1v) is 6.50. The third kappa shape index (κ3) is 2.94. The van der Waals surface area contributed by atoms with Crippen molar-refractivity contribution in [3.8, 4) is 5.69 Å². The molecule has 1 heterocycles. The van der Waals surface area contributed by atoms with Gasteiger partial charge in [-0.25, -0.2) is 0 Å². The second-order valence-electron chi connectivity index (χ2n) is 4.39. The van der Waals surface area contributed by atoms with Gasteiger partial charge in [0, 0.05) is 5.56 Å². The van der Waals surface area contributed by atoms with Gasteiger partial charge < -0.3 is 5.32 Å². The van der Waals surface area contributed by atoms with Crippen LogP contribution in [0.1, 0.15) is 16.2 Å². The van der Waals surface area contributed by atoms with Gasteiger partial charge in [0.05, 0.1) is 12.2 Å². The summed E-state index contributed by atoms with van der Waals surface area (Å²) in [5.74, 6) is 0.420. The molecule has 1 amide bonds. The Hall–Kier alpha value is -3.02. The standard InChI is InChI=1S/C15H13N5O/c21-15(12-7-3-1-4-8-12)16-11-14-17-18-19-20(14)13-9-5-2-6-10-13/h1-10H,11H2,(H,16,21). The number of tetrazole rings is 1. The van der Waals surface area contributed by atoms with Crippen LogP contribution in [0.4, 0.5) is 0 Å². The van der Waals surface area contributed by atoms with Crippen molar-refractivity contribution in [2.45, 2.75) is 6.54 Å². The molecular formula is C15H13N5O. The maximum atomic E-state index is 12.0. The van der Waals surface area contributed by atoms with Gasteiger partial charge in [0.2, 0.25) is 0 Å². The molecule has 0 aliphatic rings. The molecule has 1 aromatic heterocycles. The molecule has 3 rings (SSSR count). The van der Waals surface area contributed by atoms with Crippen LogP contribution in [0.15, 0.2) is 60.7 Å². The normalized spacial score (nSPS) is 10.3. The van der Waals surface area contributed by atoms with Crippen molar-refractivity contribution >= 4 is 5.91 Å². The Bertz CT molecular complexity index is 724. The highest BCUT2D eigenvalue weighted by atomic mass is 16.1. The Labute approximate surface area is 121 Å². The monoisotopic (exact) mass is 279 g/mol. The zero-order valence-corrected chi connectivity index (χ0v) is 11.2. The minimum absolute atomic E-state index is 0.154. The van der Waals surface area contributed by atoms with Crippen molar-refractivity contribution in [3.63, 3.8) is 0 Å². The second-order valence-corrected chi connectivity index (χ2v) is 4.39. The van der Waals surface area contributed by atoms with Gasteiger partial charge in [0.25, 0.3) is 5.91 Å². The Morgan fingerprint density at radius 1 is 1.00 bits per heavy atom. The van der Waals surface area contributed by atoms with Crippen LogP contribution in [0.3, 0.4) is 0 Å². The highest BCUT2D eigenvalue weighted by molar-refractivity contribution is 5.93. The topological polar surface area (TPSA) is 72.7 Å². The van der Waals surface area contributed by atoms with Crippen molar-refractivity contribution in [2.24, 2.45) is 0 Å². The number of carbonyl (C=O) groups is 1. The molecule has 2 aromatic carbocycles. The van der Waals surface area contributed by atoms with Gasteiger partial charge in [0.1, 0.15) is 0 Å². The third-order valence-electron chi connectivity index (χ3n) is 2.98. The first kappa shape index (κ1) is 13.0. The lowest BCUT2D eigenvalue weighted by Crippen LogP contribution is -2.24. The summed E-state index contributed by atoms with van der Waals surface area (Å²) >= 11 is 0. The smallest absolute Gasteiger partial charge is 0.251 e. The van der Waals surface area contributed by atoms with Crippen LogP contribution >= 0.6 is 0 Å². The van der Waals surface area contributed by atoms with Crippen molar-refractivity contribution in [2.75, 3.05) is 0 Å². The van der Waals surface area contributed by atoms with E-state index in [2.05, 4.69) is 20.8 Å². The summed E-state index contributed by atoms with van der Waals surface area (Å²) in [7, 11) is 0. The van der Waals surface area contributed by atoms with E-state index in [1.807, 2.05) is 48.5 Å². The summed E-state index contributed by atoms with van der Waals surface area (Å²) < 4.78 is 1.60. The van der Waals surface area contributed by atoms with Crippen molar-refractivity contribution in [1.29, 1.82) is 0 Å². The van der Waals surface area contributed by atoms with Crippen LogP contribution in [-0.4, -0.2) is 26.1 Å². The molecule has 0 saturated heterocycles. The number of hydrogen-bond donors (Lipinski definition) is 1. The molecule has 0 unspecified atom stereocenters. The molecular weight excluding hydrogens is 266 g/mol. The lowest BCUT2D eigenvalue weighted by atomic mass is 10.2. The minimum atomic E-state index is -0.154. The molecule has 0 aliphatic carbocycles. The number of nitrogens with zero attached hydrogens (tertiary/aromatic N) is 4. The van der Waals surface area contributed by atoms with Gasteiger partial charge in [-0.1, -0.05) is 36.4 Å². The van der Waals surface area contributed by atoms with Gasteiger partial charge in [-0.15, -0.1) is 5.10 Å². The highest BCUT2D eigenvalue weighted by Gasteiger charge is 2.10. The van der Waals surface area contributed by atoms with Crippen molar-refractivity contribution < 1.29 is 4.79 Å². The van der Waals surface area contributed by atoms with Gasteiger partial charge in [-0.05, 0) is 34.7 Å². The van der Waals surface area contributed by atoms with Gasteiger partial charge in [0.15, 0.2) is 5.82 Å². The van der Waals surface area contributed by atoms with Crippen molar-refractivity contribution in [1.82, 2.24) is 25.5 Å². The molecule has 0 radical (unpaired) electrons. The number of aromatic nitrogens is 4. The lowest BCUT2D eigenvalue weighted by Gasteiger charge is -2.06. The van der Waals surface area contributed by atoms with E-state index < -0.39 is 0 Å². The average Bonchev–Trinajstić information content (AvgIpc) is 3.03. The molecule has 6 nitrogen and oxygen atoms in total. The fourth-order valence-corrected chi connectivity index (χ4v) is 1.94. The first-order valence-electron chi connectivity index (χ1n) is 6.50. The van der Waals surface area contributed by atoms with E-state index in [0.29, 0.717) is 11.4 Å². The van der Waals surface area contributed by atoms with Crippen LogP contribution in [0.2, 0.25) is 0 Å². The van der Waals surface area contributed by atoms with Gasteiger partial charge in [-0.3, -0.25) is 4.79 Å². The maximum Gasteiger partial charge on any atom is 0.251 e. The van der Waals surface area contributed by atoms with Gasteiger partial charge in [-0.2, -0.15) is 4.68 Å². The third-order valence-corrected chi connectivity index (χ3v) is 2.98. The van der Waals surface area contributed by atoms with Crippen molar-refractivity contribution in [3.05, 3.63) is 72.1 Å². The number of nitrogens with one attached hydrogen (secondary N) is 1. The maximum absolute atomic E-state index is 12.0. The molecule has 21 heavy (non-hydrogen) atoms. The molecule has 1 N–H and O–H groups in total. The Morgan fingerprint density at radius 2 is 1.67 bits per heavy atom. The Balaban J connectivity index is 1.73. The zero-order chi connectivity index (χ0) is 14.5. The SMILES string of the molecule is O=C(NCc1nnnn1-c1ccccc1)c1ccccc1. The number of amides is 1. The largest absolute Gasteiger partial charge is 0.345 e. The van der Waals surface area contributed by atoms with E-state index >= 15 is 0 Å². The van der Waals surface area contributed by atoms with E-state index in [1.165, 1.54) is 0 Å².